The van der Waals surface area contributed by atoms with Crippen LogP contribution in [0.3, 0.4) is 0 Å². The molecule has 2 aliphatic rings. The molecule has 1 aromatic rings. The van der Waals surface area contributed by atoms with Crippen LogP contribution in [0, 0.1) is 38.5 Å². The van der Waals surface area contributed by atoms with Gasteiger partial charge in [-0.3, -0.25) is 19.2 Å². The lowest BCUT2D eigenvalue weighted by Gasteiger charge is -2.36. The van der Waals surface area contributed by atoms with Gasteiger partial charge in [0.05, 0.1) is 12.5 Å². The number of esters is 1. The summed E-state index contributed by atoms with van der Waals surface area (Å²) in [6.07, 6.45) is 3.76. The SMILES string of the molecule is Cc1cc(C)c(NC(=O)CNC(=O)COC(=O)C2C[C@H]3CCC[C@@H](C2)C3=O)c(C)c1. The minimum absolute atomic E-state index is 0.0405. The highest BCUT2D eigenvalue weighted by Crippen LogP contribution is 2.40. The van der Waals surface area contributed by atoms with Gasteiger partial charge in [0.2, 0.25) is 5.91 Å². The first-order valence-electron chi connectivity index (χ1n) is 10.6. The highest BCUT2D eigenvalue weighted by atomic mass is 16.5. The van der Waals surface area contributed by atoms with Crippen LogP contribution in [0.5, 0.6) is 0 Å². The number of aryl methyl sites for hydroxylation is 3. The van der Waals surface area contributed by atoms with E-state index in [2.05, 4.69) is 10.6 Å². The number of hydrogen-bond donors (Lipinski definition) is 2. The zero-order chi connectivity index (χ0) is 21.8. The van der Waals surface area contributed by atoms with Gasteiger partial charge in [0.25, 0.3) is 5.91 Å². The molecule has 2 aliphatic carbocycles. The van der Waals surface area contributed by atoms with Gasteiger partial charge >= 0.3 is 5.97 Å². The van der Waals surface area contributed by atoms with Crippen molar-refractivity contribution < 1.29 is 23.9 Å². The van der Waals surface area contributed by atoms with E-state index in [9.17, 15) is 19.2 Å². The molecule has 0 aromatic heterocycles. The van der Waals surface area contributed by atoms with E-state index in [1.54, 1.807) is 0 Å². The Labute approximate surface area is 176 Å². The molecule has 2 saturated carbocycles. The smallest absolute Gasteiger partial charge is 0.309 e. The molecule has 7 heteroatoms. The summed E-state index contributed by atoms with van der Waals surface area (Å²) in [5.74, 6) is -1.41. The van der Waals surface area contributed by atoms with E-state index >= 15 is 0 Å². The molecule has 7 nitrogen and oxygen atoms in total. The predicted molar refractivity (Wildman–Crippen MR) is 112 cm³/mol. The van der Waals surface area contributed by atoms with Crippen LogP contribution in [0.4, 0.5) is 5.69 Å². The summed E-state index contributed by atoms with van der Waals surface area (Å²) in [6.45, 7) is 5.20. The van der Waals surface area contributed by atoms with Crippen LogP contribution in [0.2, 0.25) is 0 Å². The summed E-state index contributed by atoms with van der Waals surface area (Å²) in [4.78, 5) is 48.6. The van der Waals surface area contributed by atoms with Gasteiger partial charge in [0.15, 0.2) is 6.61 Å². The number of nitrogens with one attached hydrogen (secondary N) is 2. The van der Waals surface area contributed by atoms with Gasteiger partial charge in [-0.15, -0.1) is 0 Å². The second-order valence-electron chi connectivity index (χ2n) is 8.60. The lowest BCUT2D eigenvalue weighted by Crippen LogP contribution is -2.40. The van der Waals surface area contributed by atoms with Crippen molar-refractivity contribution in [3.8, 4) is 0 Å². The molecule has 162 valence electrons. The molecule has 2 amide bonds. The van der Waals surface area contributed by atoms with Gasteiger partial charge in [0, 0.05) is 17.5 Å². The van der Waals surface area contributed by atoms with E-state index in [0.717, 1.165) is 41.6 Å². The number of ether oxygens (including phenoxy) is 1. The van der Waals surface area contributed by atoms with E-state index in [0.29, 0.717) is 12.8 Å². The minimum Gasteiger partial charge on any atom is -0.455 e. The maximum Gasteiger partial charge on any atom is 0.309 e. The molecule has 3 rings (SSSR count). The van der Waals surface area contributed by atoms with Gasteiger partial charge in [-0.2, -0.15) is 0 Å². The van der Waals surface area contributed by atoms with E-state index < -0.39 is 18.5 Å². The van der Waals surface area contributed by atoms with Crippen molar-refractivity contribution >= 4 is 29.3 Å². The molecule has 0 saturated heterocycles. The fraction of sp³-hybridized carbons (Fsp3) is 0.565. The molecule has 0 heterocycles. The molecule has 2 N–H and O–H groups in total. The monoisotopic (exact) mass is 414 g/mol. The Kier molecular flexibility index (Phi) is 6.90. The van der Waals surface area contributed by atoms with E-state index in [1.807, 2.05) is 32.9 Å². The Morgan fingerprint density at radius 3 is 2.20 bits per heavy atom. The van der Waals surface area contributed by atoms with Crippen molar-refractivity contribution in [3.63, 3.8) is 0 Å². The van der Waals surface area contributed by atoms with Crippen LogP contribution in [0.15, 0.2) is 12.1 Å². The fourth-order valence-electron chi connectivity index (χ4n) is 4.72. The molecule has 2 fully saturated rings. The largest absolute Gasteiger partial charge is 0.455 e. The van der Waals surface area contributed by atoms with Crippen LogP contribution in [-0.4, -0.2) is 36.7 Å². The predicted octanol–water partition coefficient (Wildman–Crippen LogP) is 2.61. The van der Waals surface area contributed by atoms with Crippen molar-refractivity contribution in [3.05, 3.63) is 28.8 Å². The van der Waals surface area contributed by atoms with E-state index in [4.69, 9.17) is 4.74 Å². The first-order valence-corrected chi connectivity index (χ1v) is 10.6. The van der Waals surface area contributed by atoms with Crippen molar-refractivity contribution in [2.24, 2.45) is 17.8 Å². The first-order chi connectivity index (χ1) is 14.2. The maximum absolute atomic E-state index is 12.3. The Morgan fingerprint density at radius 2 is 1.60 bits per heavy atom. The normalized spacial score (nSPS) is 22.9. The topological polar surface area (TPSA) is 102 Å². The number of rotatable bonds is 6. The fourth-order valence-corrected chi connectivity index (χ4v) is 4.72. The number of carbonyl (C=O) groups excluding carboxylic acids is 4. The minimum atomic E-state index is -0.525. The third-order valence-electron chi connectivity index (χ3n) is 6.11. The van der Waals surface area contributed by atoms with Crippen LogP contribution in [0.25, 0.3) is 0 Å². The molecular weight excluding hydrogens is 384 g/mol. The van der Waals surface area contributed by atoms with Crippen molar-refractivity contribution in [1.82, 2.24) is 5.32 Å². The number of amides is 2. The number of fused-ring (bicyclic) bond motifs is 2. The lowest BCUT2D eigenvalue weighted by molar-refractivity contribution is -0.156. The number of benzene rings is 1. The molecule has 1 aromatic carbocycles. The maximum atomic E-state index is 12.3. The second-order valence-corrected chi connectivity index (χ2v) is 8.60. The average molecular weight is 415 g/mol. The summed E-state index contributed by atoms with van der Waals surface area (Å²) >= 11 is 0. The van der Waals surface area contributed by atoms with Gasteiger partial charge in [-0.05, 0) is 57.6 Å². The summed E-state index contributed by atoms with van der Waals surface area (Å²) in [7, 11) is 0. The summed E-state index contributed by atoms with van der Waals surface area (Å²) in [6, 6.07) is 3.96. The molecule has 3 atom stereocenters. The number of anilines is 1. The van der Waals surface area contributed by atoms with Crippen LogP contribution in [-0.2, 0) is 23.9 Å². The Balaban J connectivity index is 1.41. The van der Waals surface area contributed by atoms with Crippen molar-refractivity contribution in [2.75, 3.05) is 18.5 Å². The molecule has 1 unspecified atom stereocenters. The van der Waals surface area contributed by atoms with Gasteiger partial charge < -0.3 is 15.4 Å². The third kappa shape index (κ3) is 5.26. The van der Waals surface area contributed by atoms with Crippen LogP contribution >= 0.6 is 0 Å². The molecular formula is C23H30N2O5. The third-order valence-corrected chi connectivity index (χ3v) is 6.11. The first kappa shape index (κ1) is 22.0. The van der Waals surface area contributed by atoms with Gasteiger partial charge in [0.1, 0.15) is 5.78 Å². The lowest BCUT2D eigenvalue weighted by atomic mass is 9.67. The molecule has 30 heavy (non-hydrogen) atoms. The molecule has 0 spiro atoms. The number of ketones is 1. The van der Waals surface area contributed by atoms with Crippen molar-refractivity contribution in [1.29, 1.82) is 0 Å². The quantitative estimate of drug-likeness (QED) is 0.697. The standard InChI is InChI=1S/C23H30N2O5/c1-13-7-14(2)21(15(3)8-13)25-19(26)11-24-20(27)12-30-23(29)18-9-16-5-4-6-17(10-18)22(16)28/h7-8,16-18H,4-6,9-12H2,1-3H3,(H,24,27)(H,25,26)/t16-,17+,18?. The number of hydrogen-bond acceptors (Lipinski definition) is 5. The Bertz CT molecular complexity index is 824. The molecule has 0 radical (unpaired) electrons. The second kappa shape index (κ2) is 9.41. The molecule has 0 aliphatic heterocycles. The molecule has 2 bridgehead atoms. The summed E-state index contributed by atoms with van der Waals surface area (Å²) in [5, 5.41) is 5.29. The highest BCUT2D eigenvalue weighted by molar-refractivity contribution is 5.96. The van der Waals surface area contributed by atoms with Gasteiger partial charge in [-0.1, -0.05) is 24.1 Å². The van der Waals surface area contributed by atoms with Crippen LogP contribution in [0.1, 0.15) is 48.8 Å². The zero-order valence-electron chi connectivity index (χ0n) is 17.9. The zero-order valence-corrected chi connectivity index (χ0v) is 17.9. The average Bonchev–Trinajstić information content (AvgIpc) is 2.67. The van der Waals surface area contributed by atoms with Crippen molar-refractivity contribution in [2.45, 2.75) is 52.9 Å². The summed E-state index contributed by atoms with van der Waals surface area (Å²) in [5.41, 5.74) is 3.77. The number of Topliss-reactive ketones (excluding diaryl/α,β-unsaturated/α-hetero) is 1. The highest BCUT2D eigenvalue weighted by Gasteiger charge is 2.41. The van der Waals surface area contributed by atoms with Gasteiger partial charge in [-0.25, -0.2) is 0 Å². The number of carbonyl (C=O) groups is 4. The van der Waals surface area contributed by atoms with E-state index in [1.165, 1.54) is 0 Å². The van der Waals surface area contributed by atoms with E-state index in [-0.39, 0.29) is 36.0 Å². The summed E-state index contributed by atoms with van der Waals surface area (Å²) < 4.78 is 5.15. The van der Waals surface area contributed by atoms with Crippen LogP contribution < -0.4 is 10.6 Å². The Hall–Kier alpha value is -2.70. The Morgan fingerprint density at radius 1 is 1.00 bits per heavy atom.